The molecule has 0 fully saturated rings. The Labute approximate surface area is 177 Å². The minimum Gasteiger partial charge on any atom is -0.490 e. The summed E-state index contributed by atoms with van der Waals surface area (Å²) in [4.78, 5) is 16.5. The van der Waals surface area contributed by atoms with E-state index in [0.29, 0.717) is 46.0 Å². The molecule has 9 heteroatoms. The zero-order valence-corrected chi connectivity index (χ0v) is 17.6. The number of ether oxygens (including phenoxy) is 2. The Hall–Kier alpha value is -2.84. The van der Waals surface area contributed by atoms with E-state index in [1.165, 1.54) is 17.6 Å². The molecule has 0 spiro atoms. The van der Waals surface area contributed by atoms with Crippen LogP contribution in [0.1, 0.15) is 36.2 Å². The van der Waals surface area contributed by atoms with Crippen molar-refractivity contribution in [1.82, 2.24) is 10.4 Å². The summed E-state index contributed by atoms with van der Waals surface area (Å²) in [7, 11) is 0. The Morgan fingerprint density at radius 1 is 1.31 bits per heavy atom. The van der Waals surface area contributed by atoms with E-state index in [2.05, 4.69) is 15.5 Å². The number of benzene rings is 2. The fourth-order valence-electron chi connectivity index (χ4n) is 2.58. The molecule has 0 bridgehead atoms. The van der Waals surface area contributed by atoms with Gasteiger partial charge in [-0.3, -0.25) is 4.79 Å². The van der Waals surface area contributed by atoms with E-state index in [1.54, 1.807) is 30.3 Å². The number of hydrazone groups is 1. The van der Waals surface area contributed by atoms with Crippen molar-refractivity contribution >= 4 is 50.4 Å². The summed E-state index contributed by atoms with van der Waals surface area (Å²) in [5.74, 6) is 0.706. The number of thiazole rings is 1. The fourth-order valence-corrected chi connectivity index (χ4v) is 3.63. The van der Waals surface area contributed by atoms with Gasteiger partial charge in [0.05, 0.1) is 34.7 Å². The number of anilines is 1. The zero-order valence-electron chi connectivity index (χ0n) is 16.1. The van der Waals surface area contributed by atoms with Crippen LogP contribution in [-0.2, 0) is 0 Å². The highest BCUT2D eigenvalue weighted by Crippen LogP contribution is 2.36. The Balaban J connectivity index is 1.73. The summed E-state index contributed by atoms with van der Waals surface area (Å²) < 4.78 is 12.1. The number of carbonyl (C=O) groups excluding carboxylic acids is 1. The largest absolute Gasteiger partial charge is 0.490 e. The summed E-state index contributed by atoms with van der Waals surface area (Å²) in [6.07, 6.45) is 2.36. The maximum atomic E-state index is 12.4. The molecular weight excluding hydrogens is 412 g/mol. The van der Waals surface area contributed by atoms with Gasteiger partial charge >= 0.3 is 0 Å². The van der Waals surface area contributed by atoms with Crippen molar-refractivity contribution in [1.29, 1.82) is 0 Å². The number of rotatable bonds is 8. The molecule has 7 nitrogen and oxygen atoms in total. The summed E-state index contributed by atoms with van der Waals surface area (Å²) in [5, 5.41) is 4.90. The number of nitrogens with one attached hydrogen (secondary N) is 1. The van der Waals surface area contributed by atoms with E-state index in [-0.39, 0.29) is 5.91 Å². The molecule has 0 aliphatic carbocycles. The van der Waals surface area contributed by atoms with Crippen molar-refractivity contribution in [2.45, 2.75) is 20.3 Å². The third-order valence-corrected chi connectivity index (χ3v) is 4.96. The SMILES string of the molecule is CCCOc1c(Cl)cc(/C=N\NC(=O)c2ccc3nc(N)sc3c2)cc1OCC. The highest BCUT2D eigenvalue weighted by Gasteiger charge is 2.12. The van der Waals surface area contributed by atoms with E-state index in [4.69, 9.17) is 26.8 Å². The molecule has 0 radical (unpaired) electrons. The second-order valence-corrected chi connectivity index (χ2v) is 7.51. The monoisotopic (exact) mass is 432 g/mol. The number of nitrogens with two attached hydrogens (primary N) is 1. The predicted octanol–water partition coefficient (Wildman–Crippen LogP) is 4.48. The number of halogens is 1. The first-order valence-electron chi connectivity index (χ1n) is 9.10. The third-order valence-electron chi connectivity index (χ3n) is 3.83. The molecule has 3 N–H and O–H groups in total. The molecule has 0 atom stereocenters. The molecule has 0 aliphatic rings. The van der Waals surface area contributed by atoms with Crippen LogP contribution in [0.5, 0.6) is 11.5 Å². The summed E-state index contributed by atoms with van der Waals surface area (Å²) in [6.45, 7) is 4.91. The second-order valence-electron chi connectivity index (χ2n) is 6.05. The van der Waals surface area contributed by atoms with Gasteiger partial charge in [-0.2, -0.15) is 5.10 Å². The number of amides is 1. The number of fused-ring (bicyclic) bond motifs is 1. The first-order valence-corrected chi connectivity index (χ1v) is 10.3. The van der Waals surface area contributed by atoms with Crippen molar-refractivity contribution in [2.75, 3.05) is 18.9 Å². The van der Waals surface area contributed by atoms with Crippen LogP contribution in [0.2, 0.25) is 5.02 Å². The summed E-state index contributed by atoms with van der Waals surface area (Å²) in [6, 6.07) is 8.64. The smallest absolute Gasteiger partial charge is 0.271 e. The highest BCUT2D eigenvalue weighted by atomic mass is 35.5. The molecule has 152 valence electrons. The zero-order chi connectivity index (χ0) is 20.8. The molecule has 3 rings (SSSR count). The minimum absolute atomic E-state index is 0.339. The Morgan fingerprint density at radius 3 is 2.90 bits per heavy atom. The lowest BCUT2D eigenvalue weighted by Gasteiger charge is -2.13. The van der Waals surface area contributed by atoms with E-state index < -0.39 is 0 Å². The van der Waals surface area contributed by atoms with Crippen LogP contribution in [0.25, 0.3) is 10.2 Å². The van der Waals surface area contributed by atoms with Crippen LogP contribution in [0.4, 0.5) is 5.13 Å². The number of hydrogen-bond donors (Lipinski definition) is 2. The standard InChI is InChI=1S/C20H21ClN4O3S/c1-3-7-28-18-14(21)8-12(9-16(18)27-4-2)11-23-25-19(26)13-5-6-15-17(10-13)29-20(22)24-15/h5-6,8-11H,3-4,7H2,1-2H3,(H2,22,24)(H,25,26)/b23-11-. The van der Waals surface area contributed by atoms with Crippen molar-refractivity contribution < 1.29 is 14.3 Å². The Bertz CT molecular complexity index is 1050. The maximum absolute atomic E-state index is 12.4. The highest BCUT2D eigenvalue weighted by molar-refractivity contribution is 7.22. The van der Waals surface area contributed by atoms with Gasteiger partial charge in [-0.25, -0.2) is 10.4 Å². The second kappa shape index (κ2) is 9.58. The van der Waals surface area contributed by atoms with Gasteiger partial charge in [0.2, 0.25) is 0 Å². The summed E-state index contributed by atoms with van der Waals surface area (Å²) >= 11 is 7.66. The molecule has 1 heterocycles. The molecular formula is C20H21ClN4O3S. The number of nitrogen functional groups attached to an aromatic ring is 1. The third kappa shape index (κ3) is 5.16. The van der Waals surface area contributed by atoms with Crippen molar-refractivity contribution in [3.05, 3.63) is 46.5 Å². The normalized spacial score (nSPS) is 11.1. The molecule has 0 aliphatic heterocycles. The molecule has 2 aromatic carbocycles. The van der Waals surface area contributed by atoms with Crippen LogP contribution >= 0.6 is 22.9 Å². The lowest BCUT2D eigenvalue weighted by molar-refractivity contribution is 0.0955. The molecule has 0 saturated carbocycles. The Morgan fingerprint density at radius 2 is 2.14 bits per heavy atom. The van der Waals surface area contributed by atoms with E-state index in [1.807, 2.05) is 13.8 Å². The predicted molar refractivity (Wildman–Crippen MR) is 117 cm³/mol. The van der Waals surface area contributed by atoms with Gasteiger partial charge in [0.15, 0.2) is 16.6 Å². The molecule has 1 aromatic heterocycles. The molecule has 1 amide bonds. The van der Waals surface area contributed by atoms with E-state index in [0.717, 1.165) is 16.6 Å². The van der Waals surface area contributed by atoms with Gasteiger partial charge in [-0.05, 0) is 49.2 Å². The van der Waals surface area contributed by atoms with Crippen LogP contribution in [0.15, 0.2) is 35.4 Å². The van der Waals surface area contributed by atoms with Crippen LogP contribution in [0.3, 0.4) is 0 Å². The van der Waals surface area contributed by atoms with Crippen molar-refractivity contribution in [3.8, 4) is 11.5 Å². The van der Waals surface area contributed by atoms with Crippen LogP contribution < -0.4 is 20.6 Å². The van der Waals surface area contributed by atoms with Gasteiger partial charge < -0.3 is 15.2 Å². The fraction of sp³-hybridized carbons (Fsp3) is 0.250. The van der Waals surface area contributed by atoms with Gasteiger partial charge in [0.1, 0.15) is 0 Å². The quantitative estimate of drug-likeness (QED) is 0.403. The summed E-state index contributed by atoms with van der Waals surface area (Å²) in [5.41, 5.74) is 10.1. The number of aromatic nitrogens is 1. The topological polar surface area (TPSA) is 98.8 Å². The van der Waals surface area contributed by atoms with E-state index in [9.17, 15) is 4.79 Å². The average molecular weight is 433 g/mol. The van der Waals surface area contributed by atoms with Gasteiger partial charge in [-0.15, -0.1) is 0 Å². The maximum Gasteiger partial charge on any atom is 0.271 e. The van der Waals surface area contributed by atoms with Crippen LogP contribution in [-0.4, -0.2) is 30.3 Å². The lowest BCUT2D eigenvalue weighted by Crippen LogP contribution is -2.17. The Kier molecular flexibility index (Phi) is 6.90. The van der Waals surface area contributed by atoms with Gasteiger partial charge in [-0.1, -0.05) is 29.9 Å². The molecule has 0 saturated heterocycles. The number of nitrogens with zero attached hydrogens (tertiary/aromatic N) is 2. The first-order chi connectivity index (χ1) is 14.0. The number of carbonyl (C=O) groups is 1. The van der Waals surface area contributed by atoms with E-state index >= 15 is 0 Å². The van der Waals surface area contributed by atoms with Gasteiger partial charge in [0, 0.05) is 5.56 Å². The average Bonchev–Trinajstić information content (AvgIpc) is 3.06. The van der Waals surface area contributed by atoms with Gasteiger partial charge in [0.25, 0.3) is 5.91 Å². The van der Waals surface area contributed by atoms with Crippen molar-refractivity contribution in [2.24, 2.45) is 5.10 Å². The number of hydrogen-bond acceptors (Lipinski definition) is 7. The first kappa shape index (κ1) is 20.9. The minimum atomic E-state index is -0.339. The molecule has 29 heavy (non-hydrogen) atoms. The van der Waals surface area contributed by atoms with Crippen molar-refractivity contribution in [3.63, 3.8) is 0 Å². The molecule has 3 aromatic rings. The van der Waals surface area contributed by atoms with Crippen LogP contribution in [0, 0.1) is 0 Å². The lowest BCUT2D eigenvalue weighted by atomic mass is 10.2. The molecule has 0 unspecified atom stereocenters.